The summed E-state index contributed by atoms with van der Waals surface area (Å²) in [6, 6.07) is 4.95. The molecule has 0 unspecified atom stereocenters. The number of hydrogen-bond donors (Lipinski definition) is 1. The van der Waals surface area contributed by atoms with Crippen LogP contribution in [0, 0.1) is 6.92 Å². The third-order valence-corrected chi connectivity index (χ3v) is 4.85. The van der Waals surface area contributed by atoms with Gasteiger partial charge in [-0.15, -0.1) is 11.3 Å². The Kier molecular flexibility index (Phi) is 4.39. The number of amides is 2. The van der Waals surface area contributed by atoms with Crippen LogP contribution in [0.2, 0.25) is 0 Å². The van der Waals surface area contributed by atoms with Gasteiger partial charge in [0.1, 0.15) is 6.26 Å². The largest absolute Gasteiger partial charge is 0.478 e. The van der Waals surface area contributed by atoms with Crippen molar-refractivity contribution in [1.29, 1.82) is 0 Å². The number of piperazine rings is 1. The first-order valence-corrected chi connectivity index (χ1v) is 8.24. The minimum atomic E-state index is -1.14. The first-order chi connectivity index (χ1) is 11.5. The van der Waals surface area contributed by atoms with E-state index in [9.17, 15) is 14.4 Å². The summed E-state index contributed by atoms with van der Waals surface area (Å²) in [7, 11) is 0. The predicted octanol–water partition coefficient (Wildman–Crippen LogP) is 1.95. The van der Waals surface area contributed by atoms with Gasteiger partial charge in [0.2, 0.25) is 0 Å². The van der Waals surface area contributed by atoms with Gasteiger partial charge in [-0.2, -0.15) is 0 Å². The normalized spacial score (nSPS) is 14.7. The summed E-state index contributed by atoms with van der Waals surface area (Å²) in [4.78, 5) is 40.6. The molecule has 0 bridgehead atoms. The van der Waals surface area contributed by atoms with E-state index in [2.05, 4.69) is 0 Å². The van der Waals surface area contributed by atoms with Crippen LogP contribution < -0.4 is 0 Å². The highest BCUT2D eigenvalue weighted by atomic mass is 32.1. The maximum absolute atomic E-state index is 12.4. The zero-order chi connectivity index (χ0) is 17.3. The van der Waals surface area contributed by atoms with Crippen LogP contribution in [-0.4, -0.2) is 58.9 Å². The average molecular weight is 348 g/mol. The molecular formula is C16H16N2O5S. The number of carboxylic acid groups (broad SMARTS) is 1. The van der Waals surface area contributed by atoms with Gasteiger partial charge in [-0.05, 0) is 19.1 Å². The number of hydrogen-bond acceptors (Lipinski definition) is 5. The maximum atomic E-state index is 12.4. The Balaban J connectivity index is 1.61. The van der Waals surface area contributed by atoms with Gasteiger partial charge >= 0.3 is 5.97 Å². The quantitative estimate of drug-likeness (QED) is 0.915. The fourth-order valence-electron chi connectivity index (χ4n) is 2.53. The van der Waals surface area contributed by atoms with Gasteiger partial charge in [0.25, 0.3) is 11.8 Å². The summed E-state index contributed by atoms with van der Waals surface area (Å²) in [6.07, 6.45) is 1.05. The Morgan fingerprint density at radius 2 is 1.71 bits per heavy atom. The Hall–Kier alpha value is -2.61. The smallest absolute Gasteiger partial charge is 0.338 e. The number of aromatic carboxylic acids is 1. The molecule has 2 aromatic heterocycles. The van der Waals surface area contributed by atoms with Crippen LogP contribution in [0.4, 0.5) is 0 Å². The molecule has 0 aromatic carbocycles. The lowest BCUT2D eigenvalue weighted by Crippen LogP contribution is -2.50. The molecule has 0 aliphatic carbocycles. The van der Waals surface area contributed by atoms with Gasteiger partial charge in [-0.1, -0.05) is 0 Å². The molecule has 0 saturated carbocycles. The number of carboxylic acids is 1. The molecule has 0 spiro atoms. The van der Waals surface area contributed by atoms with Crippen molar-refractivity contribution in [2.45, 2.75) is 6.92 Å². The molecule has 1 aliphatic rings. The van der Waals surface area contributed by atoms with Gasteiger partial charge in [0, 0.05) is 37.1 Å². The SMILES string of the molecule is Cc1ccc(C(=O)N2CCN(C(=O)c3cc(C(=O)O)co3)CC2)s1. The topological polar surface area (TPSA) is 91.1 Å². The van der Waals surface area contributed by atoms with Crippen LogP contribution in [0.25, 0.3) is 0 Å². The molecule has 24 heavy (non-hydrogen) atoms. The molecule has 0 radical (unpaired) electrons. The highest BCUT2D eigenvalue weighted by Gasteiger charge is 2.27. The Morgan fingerprint density at radius 3 is 2.21 bits per heavy atom. The van der Waals surface area contributed by atoms with E-state index in [1.54, 1.807) is 9.80 Å². The Morgan fingerprint density at radius 1 is 1.08 bits per heavy atom. The average Bonchev–Trinajstić information content (AvgIpc) is 3.23. The lowest BCUT2D eigenvalue weighted by Gasteiger charge is -2.34. The van der Waals surface area contributed by atoms with Crippen molar-refractivity contribution >= 4 is 29.1 Å². The van der Waals surface area contributed by atoms with Gasteiger partial charge in [0.05, 0.1) is 10.4 Å². The number of nitrogens with zero attached hydrogens (tertiary/aromatic N) is 2. The highest BCUT2D eigenvalue weighted by molar-refractivity contribution is 7.13. The minimum Gasteiger partial charge on any atom is -0.478 e. The molecule has 7 nitrogen and oxygen atoms in total. The van der Waals surface area contributed by atoms with Crippen molar-refractivity contribution in [3.63, 3.8) is 0 Å². The molecule has 0 atom stereocenters. The molecule has 3 rings (SSSR count). The number of furan rings is 1. The van der Waals surface area contributed by atoms with Crippen molar-refractivity contribution in [3.8, 4) is 0 Å². The third kappa shape index (κ3) is 3.18. The van der Waals surface area contributed by atoms with Crippen LogP contribution in [0.5, 0.6) is 0 Å². The molecule has 1 fully saturated rings. The second-order valence-corrected chi connectivity index (χ2v) is 6.79. The van der Waals surface area contributed by atoms with Gasteiger partial charge in [-0.3, -0.25) is 9.59 Å². The molecule has 2 amide bonds. The number of aryl methyl sites for hydroxylation is 1. The van der Waals surface area contributed by atoms with Crippen molar-refractivity contribution in [2.75, 3.05) is 26.2 Å². The first-order valence-electron chi connectivity index (χ1n) is 7.42. The van der Waals surface area contributed by atoms with Crippen molar-refractivity contribution in [1.82, 2.24) is 9.80 Å². The van der Waals surface area contributed by atoms with Crippen molar-refractivity contribution < 1.29 is 23.9 Å². The van der Waals surface area contributed by atoms with Crippen LogP contribution in [-0.2, 0) is 0 Å². The fraction of sp³-hybridized carbons (Fsp3) is 0.312. The molecule has 8 heteroatoms. The zero-order valence-electron chi connectivity index (χ0n) is 13.0. The molecule has 126 valence electrons. The Bertz CT molecular complexity index is 786. The maximum Gasteiger partial charge on any atom is 0.338 e. The second kappa shape index (κ2) is 6.48. The van der Waals surface area contributed by atoms with E-state index in [4.69, 9.17) is 9.52 Å². The van der Waals surface area contributed by atoms with E-state index in [-0.39, 0.29) is 23.1 Å². The number of rotatable bonds is 3. The summed E-state index contributed by atoms with van der Waals surface area (Å²) in [5.74, 6) is -1.52. The van der Waals surface area contributed by atoms with Gasteiger partial charge in [0.15, 0.2) is 5.76 Å². The van der Waals surface area contributed by atoms with E-state index in [1.807, 2.05) is 19.1 Å². The minimum absolute atomic E-state index is 0.000980. The monoisotopic (exact) mass is 348 g/mol. The summed E-state index contributed by atoms with van der Waals surface area (Å²) in [5.41, 5.74) is -0.0553. The predicted molar refractivity (Wildman–Crippen MR) is 86.5 cm³/mol. The number of carbonyl (C=O) groups is 3. The number of carbonyl (C=O) groups excluding carboxylic acids is 2. The molecular weight excluding hydrogens is 332 g/mol. The van der Waals surface area contributed by atoms with Crippen molar-refractivity contribution in [3.05, 3.63) is 45.5 Å². The number of thiophene rings is 1. The summed E-state index contributed by atoms with van der Waals surface area (Å²) in [6.45, 7) is 3.60. The van der Waals surface area contributed by atoms with Gasteiger partial charge in [-0.25, -0.2) is 4.79 Å². The van der Waals surface area contributed by atoms with E-state index < -0.39 is 5.97 Å². The molecule has 1 aliphatic heterocycles. The molecule has 1 saturated heterocycles. The van der Waals surface area contributed by atoms with Crippen LogP contribution in [0.1, 0.15) is 35.5 Å². The zero-order valence-corrected chi connectivity index (χ0v) is 13.8. The third-order valence-electron chi connectivity index (χ3n) is 3.86. The van der Waals surface area contributed by atoms with Crippen molar-refractivity contribution in [2.24, 2.45) is 0 Å². The lowest BCUT2D eigenvalue weighted by atomic mass is 10.2. The Labute approximate surface area is 142 Å². The standard InChI is InChI=1S/C16H16N2O5S/c1-10-2-3-13(24-10)15(20)18-6-4-17(5-7-18)14(19)12-8-11(9-23-12)16(21)22/h2-3,8-9H,4-7H2,1H3,(H,21,22). The van der Waals surface area contributed by atoms with E-state index in [0.717, 1.165) is 11.1 Å². The summed E-state index contributed by atoms with van der Waals surface area (Å²) >= 11 is 1.46. The van der Waals surface area contributed by atoms with E-state index in [1.165, 1.54) is 17.4 Å². The summed E-state index contributed by atoms with van der Waals surface area (Å²) in [5, 5.41) is 8.87. The van der Waals surface area contributed by atoms with Gasteiger partial charge < -0.3 is 19.3 Å². The van der Waals surface area contributed by atoms with Crippen LogP contribution >= 0.6 is 11.3 Å². The van der Waals surface area contributed by atoms with Crippen LogP contribution in [0.3, 0.4) is 0 Å². The highest BCUT2D eigenvalue weighted by Crippen LogP contribution is 2.19. The fourth-order valence-corrected chi connectivity index (χ4v) is 3.37. The molecule has 3 heterocycles. The van der Waals surface area contributed by atoms with E-state index >= 15 is 0 Å². The second-order valence-electron chi connectivity index (χ2n) is 5.50. The summed E-state index contributed by atoms with van der Waals surface area (Å²) < 4.78 is 5.04. The van der Waals surface area contributed by atoms with Crippen LogP contribution in [0.15, 0.2) is 28.9 Å². The first kappa shape index (κ1) is 16.3. The lowest BCUT2D eigenvalue weighted by molar-refractivity contribution is 0.0520. The molecule has 1 N–H and O–H groups in total. The van der Waals surface area contributed by atoms with E-state index in [0.29, 0.717) is 31.1 Å². The molecule has 2 aromatic rings.